The van der Waals surface area contributed by atoms with Gasteiger partial charge >= 0.3 is 23.9 Å². The molecule has 8 nitrogen and oxygen atoms in total. The van der Waals surface area contributed by atoms with Gasteiger partial charge in [0.1, 0.15) is 0 Å². The Balaban J connectivity index is 0.000000209. The Labute approximate surface area is 160 Å². The predicted molar refractivity (Wildman–Crippen MR) is 98.6 cm³/mol. The van der Waals surface area contributed by atoms with E-state index in [1.165, 1.54) is 24.3 Å². The second kappa shape index (κ2) is 8.98. The van der Waals surface area contributed by atoms with Crippen molar-refractivity contribution in [3.05, 3.63) is 47.5 Å². The Morgan fingerprint density at radius 2 is 1.00 bits per heavy atom. The fourth-order valence-electron chi connectivity index (χ4n) is 3.23. The molecule has 0 aromatic heterocycles. The van der Waals surface area contributed by atoms with Crippen LogP contribution in [0.4, 0.5) is 0 Å². The Kier molecular flexibility index (Phi) is 6.70. The molecule has 0 heterocycles. The fraction of sp³-hybridized carbons (Fsp3) is 0.300. The summed E-state index contributed by atoms with van der Waals surface area (Å²) >= 11 is 0. The number of carboxylic acid groups (broad SMARTS) is 4. The number of hydrogen-bond donors (Lipinski definition) is 4. The van der Waals surface area contributed by atoms with E-state index in [4.69, 9.17) is 20.4 Å². The number of aliphatic carboxylic acids is 2. The van der Waals surface area contributed by atoms with Crippen LogP contribution in [0, 0.1) is 11.8 Å². The summed E-state index contributed by atoms with van der Waals surface area (Å²) in [6, 6.07) is 9.15. The minimum absolute atomic E-state index is 0.190. The molecule has 1 saturated carbocycles. The molecule has 2 aromatic rings. The lowest BCUT2D eigenvalue weighted by Gasteiger charge is -2.24. The molecule has 8 heteroatoms. The van der Waals surface area contributed by atoms with Crippen molar-refractivity contribution in [2.24, 2.45) is 11.8 Å². The molecule has 0 saturated heterocycles. The SMILES string of the molecule is O=C(O)C1CCCCC1C(=O)O.O=C(O)c1ccc2cc(C(=O)O)ccc2c1. The van der Waals surface area contributed by atoms with Crippen LogP contribution in [0.5, 0.6) is 0 Å². The average Bonchev–Trinajstić information content (AvgIpc) is 2.67. The second-order valence-corrected chi connectivity index (χ2v) is 6.56. The molecule has 28 heavy (non-hydrogen) atoms. The van der Waals surface area contributed by atoms with Gasteiger partial charge in [-0.25, -0.2) is 9.59 Å². The number of aromatic carboxylic acids is 2. The molecule has 0 amide bonds. The Hall–Kier alpha value is -3.42. The third-order valence-electron chi connectivity index (χ3n) is 4.73. The van der Waals surface area contributed by atoms with Gasteiger partial charge in [0, 0.05) is 0 Å². The van der Waals surface area contributed by atoms with Crippen LogP contribution >= 0.6 is 0 Å². The summed E-state index contributed by atoms with van der Waals surface area (Å²) in [6.45, 7) is 0. The van der Waals surface area contributed by atoms with Crippen LogP contribution in [0.2, 0.25) is 0 Å². The fourth-order valence-corrected chi connectivity index (χ4v) is 3.23. The normalized spacial score (nSPS) is 18.6. The number of rotatable bonds is 4. The number of fused-ring (bicyclic) bond motifs is 1. The van der Waals surface area contributed by atoms with Crippen molar-refractivity contribution in [3.8, 4) is 0 Å². The van der Waals surface area contributed by atoms with Crippen LogP contribution in [0.15, 0.2) is 36.4 Å². The van der Waals surface area contributed by atoms with Crippen molar-refractivity contribution in [2.75, 3.05) is 0 Å². The first-order chi connectivity index (χ1) is 13.2. The summed E-state index contributed by atoms with van der Waals surface area (Å²) in [5.74, 6) is -5.27. The van der Waals surface area contributed by atoms with Crippen LogP contribution in [-0.4, -0.2) is 44.3 Å². The van der Waals surface area contributed by atoms with Gasteiger partial charge < -0.3 is 20.4 Å². The van der Waals surface area contributed by atoms with Gasteiger partial charge in [0.15, 0.2) is 0 Å². The van der Waals surface area contributed by atoms with Crippen molar-refractivity contribution >= 4 is 34.6 Å². The first-order valence-electron chi connectivity index (χ1n) is 8.66. The molecule has 0 spiro atoms. The molecule has 2 unspecified atom stereocenters. The molecule has 0 aliphatic heterocycles. The molecule has 2 aromatic carbocycles. The van der Waals surface area contributed by atoms with E-state index in [2.05, 4.69) is 0 Å². The first-order valence-corrected chi connectivity index (χ1v) is 8.66. The molecular weight excluding hydrogens is 368 g/mol. The lowest BCUT2D eigenvalue weighted by atomic mass is 9.79. The lowest BCUT2D eigenvalue weighted by molar-refractivity contribution is -0.155. The Morgan fingerprint density at radius 1 is 0.643 bits per heavy atom. The van der Waals surface area contributed by atoms with E-state index < -0.39 is 35.7 Å². The van der Waals surface area contributed by atoms with E-state index >= 15 is 0 Å². The predicted octanol–water partition coefficient (Wildman–Crippen LogP) is 3.20. The summed E-state index contributed by atoms with van der Waals surface area (Å²) in [6.07, 6.45) is 2.68. The van der Waals surface area contributed by atoms with Crippen molar-refractivity contribution < 1.29 is 39.6 Å². The van der Waals surface area contributed by atoms with E-state index in [9.17, 15) is 19.2 Å². The standard InChI is InChI=1S/C12H8O4.C8H12O4/c13-11(14)9-3-1-7-5-10(12(15)16)4-2-8(7)6-9;9-7(10)5-3-1-2-4-6(5)8(11)12/h1-6H,(H,13,14)(H,15,16);5-6H,1-4H2,(H,9,10)(H,11,12). The summed E-state index contributed by atoms with van der Waals surface area (Å²) in [4.78, 5) is 42.7. The van der Waals surface area contributed by atoms with Crippen LogP contribution in [0.25, 0.3) is 10.8 Å². The van der Waals surface area contributed by atoms with Gasteiger partial charge in [0.2, 0.25) is 0 Å². The molecule has 0 radical (unpaired) electrons. The molecule has 2 atom stereocenters. The van der Waals surface area contributed by atoms with Crippen molar-refractivity contribution in [2.45, 2.75) is 25.7 Å². The molecule has 3 rings (SSSR count). The summed E-state index contributed by atoms with van der Waals surface area (Å²) in [7, 11) is 0. The highest BCUT2D eigenvalue weighted by Gasteiger charge is 2.35. The van der Waals surface area contributed by atoms with Crippen LogP contribution in [0.1, 0.15) is 46.4 Å². The zero-order chi connectivity index (χ0) is 20.8. The quantitative estimate of drug-likeness (QED) is 0.624. The zero-order valence-electron chi connectivity index (χ0n) is 14.9. The van der Waals surface area contributed by atoms with Gasteiger partial charge in [-0.2, -0.15) is 0 Å². The molecular formula is C20H20O8. The maximum atomic E-state index is 10.7. The highest BCUT2D eigenvalue weighted by atomic mass is 16.4. The topological polar surface area (TPSA) is 149 Å². The van der Waals surface area contributed by atoms with E-state index in [-0.39, 0.29) is 11.1 Å². The molecule has 1 aliphatic rings. The van der Waals surface area contributed by atoms with E-state index in [0.717, 1.165) is 12.8 Å². The molecule has 4 N–H and O–H groups in total. The van der Waals surface area contributed by atoms with Crippen LogP contribution in [0.3, 0.4) is 0 Å². The summed E-state index contributed by atoms with van der Waals surface area (Å²) in [5.41, 5.74) is 0.381. The molecule has 148 valence electrons. The molecule has 1 aliphatic carbocycles. The van der Waals surface area contributed by atoms with E-state index in [0.29, 0.717) is 23.6 Å². The highest BCUT2D eigenvalue weighted by Crippen LogP contribution is 2.30. The smallest absolute Gasteiger partial charge is 0.335 e. The number of carboxylic acids is 4. The third-order valence-corrected chi connectivity index (χ3v) is 4.73. The third kappa shape index (κ3) is 5.06. The van der Waals surface area contributed by atoms with Gasteiger partial charge in [-0.15, -0.1) is 0 Å². The second-order valence-electron chi connectivity index (χ2n) is 6.56. The monoisotopic (exact) mass is 388 g/mol. The minimum atomic E-state index is -0.996. The Bertz CT molecular complexity index is 842. The summed E-state index contributed by atoms with van der Waals surface area (Å²) in [5, 5.41) is 36.4. The van der Waals surface area contributed by atoms with Crippen molar-refractivity contribution in [1.29, 1.82) is 0 Å². The van der Waals surface area contributed by atoms with Crippen LogP contribution < -0.4 is 0 Å². The molecule has 0 bridgehead atoms. The van der Waals surface area contributed by atoms with Crippen LogP contribution in [-0.2, 0) is 9.59 Å². The van der Waals surface area contributed by atoms with Gasteiger partial charge in [-0.3, -0.25) is 9.59 Å². The number of carbonyl (C=O) groups is 4. The molecule has 1 fully saturated rings. The minimum Gasteiger partial charge on any atom is -0.481 e. The van der Waals surface area contributed by atoms with E-state index in [1.54, 1.807) is 12.1 Å². The maximum absolute atomic E-state index is 10.7. The van der Waals surface area contributed by atoms with Crippen molar-refractivity contribution in [3.63, 3.8) is 0 Å². The number of benzene rings is 2. The van der Waals surface area contributed by atoms with Gasteiger partial charge in [0.05, 0.1) is 23.0 Å². The highest BCUT2D eigenvalue weighted by molar-refractivity contribution is 5.98. The number of hydrogen-bond acceptors (Lipinski definition) is 4. The summed E-state index contributed by atoms with van der Waals surface area (Å²) < 4.78 is 0. The average molecular weight is 388 g/mol. The maximum Gasteiger partial charge on any atom is 0.335 e. The lowest BCUT2D eigenvalue weighted by Crippen LogP contribution is -2.32. The largest absolute Gasteiger partial charge is 0.481 e. The van der Waals surface area contributed by atoms with Crippen molar-refractivity contribution in [1.82, 2.24) is 0 Å². The van der Waals surface area contributed by atoms with E-state index in [1.807, 2.05) is 0 Å². The van der Waals surface area contributed by atoms with Gasteiger partial charge in [-0.05, 0) is 47.9 Å². The van der Waals surface area contributed by atoms with Gasteiger partial charge in [-0.1, -0.05) is 25.0 Å². The Morgan fingerprint density at radius 3 is 1.29 bits per heavy atom. The first kappa shape index (κ1) is 20.9. The zero-order valence-corrected chi connectivity index (χ0v) is 14.9. The van der Waals surface area contributed by atoms with Gasteiger partial charge in [0.25, 0.3) is 0 Å².